The van der Waals surface area contributed by atoms with Crippen molar-refractivity contribution in [2.75, 3.05) is 13.1 Å². The SMILES string of the molecule is CCNC(=O)N1CCCC[C@H](NC(=O)O)C1=O. The van der Waals surface area contributed by atoms with E-state index in [0.717, 1.165) is 4.90 Å². The third kappa shape index (κ3) is 3.61. The van der Waals surface area contributed by atoms with E-state index in [9.17, 15) is 14.4 Å². The second-order valence-electron chi connectivity index (χ2n) is 3.82. The summed E-state index contributed by atoms with van der Waals surface area (Å²) in [5, 5.41) is 13.3. The summed E-state index contributed by atoms with van der Waals surface area (Å²) in [6.45, 7) is 2.52. The lowest BCUT2D eigenvalue weighted by Gasteiger charge is -2.22. The third-order valence-corrected chi connectivity index (χ3v) is 2.56. The molecule has 1 aliphatic heterocycles. The van der Waals surface area contributed by atoms with E-state index in [1.165, 1.54) is 0 Å². The lowest BCUT2D eigenvalue weighted by molar-refractivity contribution is -0.129. The van der Waals surface area contributed by atoms with Gasteiger partial charge in [-0.15, -0.1) is 0 Å². The molecule has 3 N–H and O–H groups in total. The number of urea groups is 1. The van der Waals surface area contributed by atoms with Crippen LogP contribution in [-0.2, 0) is 4.79 Å². The molecule has 0 aromatic heterocycles. The van der Waals surface area contributed by atoms with Gasteiger partial charge in [0.15, 0.2) is 0 Å². The van der Waals surface area contributed by atoms with Crippen molar-refractivity contribution < 1.29 is 19.5 Å². The van der Waals surface area contributed by atoms with E-state index in [0.29, 0.717) is 32.4 Å². The van der Waals surface area contributed by atoms with Crippen LogP contribution < -0.4 is 10.6 Å². The van der Waals surface area contributed by atoms with Gasteiger partial charge in [-0.2, -0.15) is 0 Å². The second kappa shape index (κ2) is 6.07. The van der Waals surface area contributed by atoms with Crippen molar-refractivity contribution in [3.8, 4) is 0 Å². The van der Waals surface area contributed by atoms with Crippen molar-refractivity contribution >= 4 is 18.0 Å². The monoisotopic (exact) mass is 243 g/mol. The van der Waals surface area contributed by atoms with Crippen LogP contribution >= 0.6 is 0 Å². The standard InChI is InChI=1S/C10H17N3O4/c1-2-11-9(15)13-6-4-3-5-7(8(13)14)12-10(16)17/h7,12H,2-6H2,1H3,(H,11,15)(H,16,17)/t7-/m0/s1. The van der Waals surface area contributed by atoms with Crippen LogP contribution in [0, 0.1) is 0 Å². The summed E-state index contributed by atoms with van der Waals surface area (Å²) in [4.78, 5) is 35.2. The van der Waals surface area contributed by atoms with Crippen LogP contribution in [0.3, 0.4) is 0 Å². The number of amides is 4. The van der Waals surface area contributed by atoms with Gasteiger partial charge in [0.2, 0.25) is 0 Å². The molecule has 1 rings (SSSR count). The van der Waals surface area contributed by atoms with Crippen molar-refractivity contribution in [2.24, 2.45) is 0 Å². The summed E-state index contributed by atoms with van der Waals surface area (Å²) in [7, 11) is 0. The highest BCUT2D eigenvalue weighted by Crippen LogP contribution is 2.12. The topological polar surface area (TPSA) is 98.7 Å². The van der Waals surface area contributed by atoms with Crippen molar-refractivity contribution in [1.82, 2.24) is 15.5 Å². The van der Waals surface area contributed by atoms with E-state index >= 15 is 0 Å². The van der Waals surface area contributed by atoms with Crippen LogP contribution in [0.2, 0.25) is 0 Å². The van der Waals surface area contributed by atoms with E-state index in [4.69, 9.17) is 5.11 Å². The van der Waals surface area contributed by atoms with Gasteiger partial charge < -0.3 is 15.7 Å². The average Bonchev–Trinajstić information content (AvgIpc) is 2.42. The Hall–Kier alpha value is -1.79. The number of carbonyl (C=O) groups is 3. The maximum absolute atomic E-state index is 11.9. The Kier molecular flexibility index (Phi) is 4.74. The number of likely N-dealkylation sites (tertiary alicyclic amines) is 1. The highest BCUT2D eigenvalue weighted by atomic mass is 16.4. The third-order valence-electron chi connectivity index (χ3n) is 2.56. The molecule has 96 valence electrons. The van der Waals surface area contributed by atoms with Crippen LogP contribution in [0.1, 0.15) is 26.2 Å². The molecule has 7 heteroatoms. The van der Waals surface area contributed by atoms with Crippen molar-refractivity contribution in [1.29, 1.82) is 0 Å². The first kappa shape index (κ1) is 13.3. The molecule has 1 heterocycles. The molecule has 1 atom stereocenters. The summed E-state index contributed by atoms with van der Waals surface area (Å²) in [5.41, 5.74) is 0. The van der Waals surface area contributed by atoms with E-state index in [2.05, 4.69) is 10.6 Å². The highest BCUT2D eigenvalue weighted by molar-refractivity contribution is 5.98. The number of carboxylic acid groups (broad SMARTS) is 1. The minimum Gasteiger partial charge on any atom is -0.465 e. The Bertz CT molecular complexity index is 319. The van der Waals surface area contributed by atoms with Gasteiger partial charge in [-0.25, -0.2) is 9.59 Å². The van der Waals surface area contributed by atoms with Gasteiger partial charge in [-0.1, -0.05) is 0 Å². The summed E-state index contributed by atoms with van der Waals surface area (Å²) >= 11 is 0. The predicted molar refractivity (Wildman–Crippen MR) is 59.6 cm³/mol. The van der Waals surface area contributed by atoms with Gasteiger partial charge in [0.1, 0.15) is 6.04 Å². The Balaban J connectivity index is 2.73. The van der Waals surface area contributed by atoms with E-state index in [1.807, 2.05) is 0 Å². The zero-order valence-corrected chi connectivity index (χ0v) is 9.73. The number of nitrogens with zero attached hydrogens (tertiary/aromatic N) is 1. The van der Waals surface area contributed by atoms with Crippen molar-refractivity contribution in [3.05, 3.63) is 0 Å². The van der Waals surface area contributed by atoms with Crippen LogP contribution in [0.15, 0.2) is 0 Å². The lowest BCUT2D eigenvalue weighted by atomic mass is 10.1. The normalized spacial score (nSPS) is 20.6. The summed E-state index contributed by atoms with van der Waals surface area (Å²) < 4.78 is 0. The van der Waals surface area contributed by atoms with Gasteiger partial charge in [-0.05, 0) is 26.2 Å². The maximum Gasteiger partial charge on any atom is 0.405 e. The van der Waals surface area contributed by atoms with Crippen LogP contribution in [0.4, 0.5) is 9.59 Å². The molecule has 0 unspecified atom stereocenters. The Morgan fingerprint density at radius 3 is 2.76 bits per heavy atom. The molecule has 0 spiro atoms. The number of imide groups is 1. The van der Waals surface area contributed by atoms with E-state index < -0.39 is 24.1 Å². The molecule has 7 nitrogen and oxygen atoms in total. The zero-order chi connectivity index (χ0) is 12.8. The smallest absolute Gasteiger partial charge is 0.405 e. The van der Waals surface area contributed by atoms with Gasteiger partial charge in [0, 0.05) is 13.1 Å². The van der Waals surface area contributed by atoms with Crippen LogP contribution in [0.25, 0.3) is 0 Å². The molecular weight excluding hydrogens is 226 g/mol. The molecule has 0 bridgehead atoms. The molecule has 0 aromatic rings. The van der Waals surface area contributed by atoms with E-state index in [1.54, 1.807) is 6.92 Å². The Labute approximate surface area is 99.2 Å². The summed E-state index contributed by atoms with van der Waals surface area (Å²) in [5.74, 6) is -0.476. The first-order valence-corrected chi connectivity index (χ1v) is 5.65. The number of carbonyl (C=O) groups excluding carboxylic acids is 2. The molecule has 1 saturated heterocycles. The van der Waals surface area contributed by atoms with Crippen molar-refractivity contribution in [2.45, 2.75) is 32.2 Å². The van der Waals surface area contributed by atoms with Crippen molar-refractivity contribution in [3.63, 3.8) is 0 Å². The summed E-state index contributed by atoms with van der Waals surface area (Å²) in [6.07, 6.45) is 0.593. The van der Waals surface area contributed by atoms with Crippen LogP contribution in [0.5, 0.6) is 0 Å². The molecule has 17 heavy (non-hydrogen) atoms. The molecule has 1 fully saturated rings. The largest absolute Gasteiger partial charge is 0.465 e. The minimum absolute atomic E-state index is 0.336. The fourth-order valence-corrected chi connectivity index (χ4v) is 1.77. The number of rotatable bonds is 2. The quantitative estimate of drug-likeness (QED) is 0.652. The number of hydrogen-bond donors (Lipinski definition) is 3. The average molecular weight is 243 g/mol. The zero-order valence-electron chi connectivity index (χ0n) is 9.73. The van der Waals surface area contributed by atoms with E-state index in [-0.39, 0.29) is 0 Å². The van der Waals surface area contributed by atoms with Gasteiger partial charge >= 0.3 is 12.1 Å². The molecule has 0 aromatic carbocycles. The molecule has 0 saturated carbocycles. The molecule has 0 radical (unpaired) electrons. The van der Waals surface area contributed by atoms with Crippen LogP contribution in [-0.4, -0.2) is 47.2 Å². The van der Waals surface area contributed by atoms with Gasteiger partial charge in [-0.3, -0.25) is 9.69 Å². The lowest BCUT2D eigenvalue weighted by Crippen LogP contribution is -2.51. The fourth-order valence-electron chi connectivity index (χ4n) is 1.77. The number of hydrogen-bond acceptors (Lipinski definition) is 3. The fraction of sp³-hybridized carbons (Fsp3) is 0.700. The maximum atomic E-state index is 11.9. The second-order valence-corrected chi connectivity index (χ2v) is 3.82. The predicted octanol–water partition coefficient (Wildman–Crippen LogP) is 0.365. The molecule has 4 amide bonds. The first-order chi connectivity index (χ1) is 8.06. The first-order valence-electron chi connectivity index (χ1n) is 5.65. The number of nitrogens with one attached hydrogen (secondary N) is 2. The molecule has 0 aliphatic carbocycles. The Morgan fingerprint density at radius 2 is 2.18 bits per heavy atom. The minimum atomic E-state index is -1.25. The molecule has 1 aliphatic rings. The summed E-state index contributed by atoms with van der Waals surface area (Å²) in [6, 6.07) is -1.28. The molecular formula is C10H17N3O4. The van der Waals surface area contributed by atoms with Gasteiger partial charge in [0.25, 0.3) is 5.91 Å². The Morgan fingerprint density at radius 1 is 1.47 bits per heavy atom. The van der Waals surface area contributed by atoms with Gasteiger partial charge in [0.05, 0.1) is 0 Å². The highest BCUT2D eigenvalue weighted by Gasteiger charge is 2.31.